The Labute approximate surface area is 139 Å². The van der Waals surface area contributed by atoms with E-state index in [-0.39, 0.29) is 11.1 Å². The van der Waals surface area contributed by atoms with Gasteiger partial charge in [0.2, 0.25) is 5.58 Å². The van der Waals surface area contributed by atoms with Crippen LogP contribution in [0.2, 0.25) is 0 Å². The van der Waals surface area contributed by atoms with Gasteiger partial charge < -0.3 is 15.1 Å². The molecule has 0 spiro atoms. The van der Waals surface area contributed by atoms with Crippen LogP contribution in [-0.4, -0.2) is 9.97 Å². The van der Waals surface area contributed by atoms with E-state index >= 15 is 0 Å². The van der Waals surface area contributed by atoms with E-state index < -0.39 is 0 Å². The summed E-state index contributed by atoms with van der Waals surface area (Å²) in [7, 11) is 0. The zero-order valence-corrected chi connectivity index (χ0v) is 13.6. The van der Waals surface area contributed by atoms with E-state index in [0.717, 1.165) is 21.0 Å². The summed E-state index contributed by atoms with van der Waals surface area (Å²) in [5, 5.41) is 0.803. The molecular formula is C17H12BrN3O2. The van der Waals surface area contributed by atoms with E-state index in [2.05, 4.69) is 25.9 Å². The molecule has 23 heavy (non-hydrogen) atoms. The van der Waals surface area contributed by atoms with Crippen LogP contribution in [0.4, 0.5) is 0 Å². The van der Waals surface area contributed by atoms with Crippen molar-refractivity contribution >= 4 is 38.0 Å². The molecule has 4 aromatic rings. The van der Waals surface area contributed by atoms with Crippen LogP contribution < -0.4 is 11.3 Å². The fourth-order valence-corrected chi connectivity index (χ4v) is 2.97. The minimum atomic E-state index is -0.296. The van der Waals surface area contributed by atoms with E-state index in [1.165, 1.54) is 0 Å². The smallest absolute Gasteiger partial charge is 0.294 e. The van der Waals surface area contributed by atoms with Crippen molar-refractivity contribution in [2.45, 2.75) is 6.54 Å². The van der Waals surface area contributed by atoms with Gasteiger partial charge in [0.05, 0.1) is 0 Å². The minimum Gasteiger partial charge on any atom is -0.449 e. The lowest BCUT2D eigenvalue weighted by Gasteiger charge is -2.03. The van der Waals surface area contributed by atoms with Crippen molar-refractivity contribution in [3.05, 3.63) is 62.9 Å². The molecule has 0 radical (unpaired) electrons. The van der Waals surface area contributed by atoms with E-state index in [4.69, 9.17) is 10.2 Å². The van der Waals surface area contributed by atoms with Crippen LogP contribution in [0, 0.1) is 0 Å². The predicted molar refractivity (Wildman–Crippen MR) is 93.2 cm³/mol. The first-order valence-corrected chi connectivity index (χ1v) is 7.86. The Morgan fingerprint density at radius 3 is 2.91 bits per heavy atom. The van der Waals surface area contributed by atoms with Crippen molar-refractivity contribution in [1.82, 2.24) is 9.97 Å². The van der Waals surface area contributed by atoms with Crippen LogP contribution in [0.3, 0.4) is 0 Å². The van der Waals surface area contributed by atoms with Crippen molar-refractivity contribution in [2.75, 3.05) is 0 Å². The number of hydrogen-bond acceptors (Lipinski definition) is 4. The van der Waals surface area contributed by atoms with Crippen LogP contribution in [0.25, 0.3) is 33.5 Å². The first-order chi connectivity index (χ1) is 11.2. The molecule has 2 heterocycles. The number of hydrogen-bond donors (Lipinski definition) is 2. The minimum absolute atomic E-state index is 0.233. The molecule has 0 aliphatic carbocycles. The number of nitrogens with one attached hydrogen (secondary N) is 1. The molecule has 0 aliphatic heterocycles. The Hall–Kier alpha value is -2.44. The first-order valence-electron chi connectivity index (χ1n) is 7.07. The van der Waals surface area contributed by atoms with Gasteiger partial charge in [0.1, 0.15) is 16.9 Å². The standard InChI is InChI=1S/C17H12BrN3O2/c18-11-4-5-13-12(7-11)14-15(23-13)17(22)21-16(20-14)10-3-1-2-9(6-10)8-19/h1-7H,8,19H2,(H,20,21,22). The van der Waals surface area contributed by atoms with Gasteiger partial charge >= 0.3 is 0 Å². The topological polar surface area (TPSA) is 84.9 Å². The molecule has 0 bridgehead atoms. The van der Waals surface area contributed by atoms with Gasteiger partial charge in [0.15, 0.2) is 0 Å². The monoisotopic (exact) mass is 369 g/mol. The maximum atomic E-state index is 12.4. The summed E-state index contributed by atoms with van der Waals surface area (Å²) in [6, 6.07) is 13.2. The Kier molecular flexibility index (Phi) is 3.28. The third-order valence-corrected chi connectivity index (χ3v) is 4.21. The van der Waals surface area contributed by atoms with Crippen LogP contribution in [0.15, 0.2) is 56.1 Å². The number of H-pyrrole nitrogens is 1. The SMILES string of the molecule is NCc1cccc(-c2nc3c(oc4ccc(Br)cc43)c(=O)[nH]2)c1. The second-order valence-electron chi connectivity index (χ2n) is 5.24. The number of nitrogens with two attached hydrogens (primary N) is 1. The summed E-state index contributed by atoms with van der Waals surface area (Å²) < 4.78 is 6.53. The van der Waals surface area contributed by atoms with Crippen LogP contribution in [0.1, 0.15) is 5.56 Å². The Bertz CT molecular complexity index is 1100. The van der Waals surface area contributed by atoms with Crippen molar-refractivity contribution in [3.63, 3.8) is 0 Å². The van der Waals surface area contributed by atoms with Gasteiger partial charge in [-0.2, -0.15) is 0 Å². The number of aromatic amines is 1. The molecular weight excluding hydrogens is 358 g/mol. The molecule has 0 aliphatic rings. The highest BCUT2D eigenvalue weighted by Gasteiger charge is 2.14. The highest BCUT2D eigenvalue weighted by Crippen LogP contribution is 2.29. The Balaban J connectivity index is 2.03. The van der Waals surface area contributed by atoms with Gasteiger partial charge in [-0.05, 0) is 29.8 Å². The fourth-order valence-electron chi connectivity index (χ4n) is 2.61. The predicted octanol–water partition coefficient (Wildman–Crippen LogP) is 3.56. The van der Waals surface area contributed by atoms with Crippen LogP contribution in [0.5, 0.6) is 0 Å². The average molecular weight is 370 g/mol. The number of fused-ring (bicyclic) bond motifs is 3. The van der Waals surface area contributed by atoms with E-state index in [9.17, 15) is 4.79 Å². The molecule has 4 rings (SSSR count). The van der Waals surface area contributed by atoms with Crippen molar-refractivity contribution in [1.29, 1.82) is 0 Å². The number of rotatable bonds is 2. The zero-order valence-electron chi connectivity index (χ0n) is 12.0. The third kappa shape index (κ3) is 2.36. The van der Waals surface area contributed by atoms with Gasteiger partial charge in [-0.25, -0.2) is 4.98 Å². The molecule has 5 nitrogen and oxygen atoms in total. The highest BCUT2D eigenvalue weighted by atomic mass is 79.9. The van der Waals surface area contributed by atoms with Gasteiger partial charge in [-0.3, -0.25) is 4.79 Å². The maximum Gasteiger partial charge on any atom is 0.294 e. The van der Waals surface area contributed by atoms with E-state index in [1.807, 2.05) is 42.5 Å². The number of aromatic nitrogens is 2. The van der Waals surface area contributed by atoms with Crippen molar-refractivity contribution in [3.8, 4) is 11.4 Å². The molecule has 0 atom stereocenters. The molecule has 0 fully saturated rings. The summed E-state index contributed by atoms with van der Waals surface area (Å²) in [5.74, 6) is 0.500. The second-order valence-corrected chi connectivity index (χ2v) is 6.15. The van der Waals surface area contributed by atoms with Crippen LogP contribution in [-0.2, 0) is 6.54 Å². The van der Waals surface area contributed by atoms with Gasteiger partial charge in [-0.1, -0.05) is 34.1 Å². The highest BCUT2D eigenvalue weighted by molar-refractivity contribution is 9.10. The Morgan fingerprint density at radius 1 is 1.22 bits per heavy atom. The largest absolute Gasteiger partial charge is 0.449 e. The first kappa shape index (κ1) is 14.2. The average Bonchev–Trinajstić information content (AvgIpc) is 2.93. The van der Waals surface area contributed by atoms with Gasteiger partial charge in [-0.15, -0.1) is 0 Å². The Morgan fingerprint density at radius 2 is 2.09 bits per heavy atom. The maximum absolute atomic E-state index is 12.4. The van der Waals surface area contributed by atoms with E-state index in [0.29, 0.717) is 23.5 Å². The molecule has 0 unspecified atom stereocenters. The normalized spacial score (nSPS) is 11.4. The molecule has 0 saturated heterocycles. The number of furan rings is 1. The lowest BCUT2D eigenvalue weighted by atomic mass is 10.1. The van der Waals surface area contributed by atoms with Crippen molar-refractivity contribution in [2.24, 2.45) is 5.73 Å². The number of benzene rings is 2. The molecule has 0 saturated carbocycles. The molecule has 0 amide bonds. The lowest BCUT2D eigenvalue weighted by molar-refractivity contribution is 0.661. The fraction of sp³-hybridized carbons (Fsp3) is 0.0588. The van der Waals surface area contributed by atoms with Gasteiger partial charge in [0.25, 0.3) is 5.56 Å². The quantitative estimate of drug-likeness (QED) is 0.565. The summed E-state index contributed by atoms with van der Waals surface area (Å²) in [5.41, 5.74) is 8.60. The molecule has 2 aromatic carbocycles. The summed E-state index contributed by atoms with van der Waals surface area (Å²) in [6.07, 6.45) is 0. The van der Waals surface area contributed by atoms with Crippen LogP contribution >= 0.6 is 15.9 Å². The summed E-state index contributed by atoms with van der Waals surface area (Å²) in [4.78, 5) is 19.7. The molecule has 6 heteroatoms. The summed E-state index contributed by atoms with van der Waals surface area (Å²) >= 11 is 3.43. The molecule has 2 aromatic heterocycles. The molecule has 3 N–H and O–H groups in total. The number of halogens is 1. The van der Waals surface area contributed by atoms with Gasteiger partial charge in [0, 0.05) is 22.0 Å². The summed E-state index contributed by atoms with van der Waals surface area (Å²) in [6.45, 7) is 0.432. The lowest BCUT2D eigenvalue weighted by Crippen LogP contribution is -2.08. The zero-order chi connectivity index (χ0) is 16.0. The van der Waals surface area contributed by atoms with E-state index in [1.54, 1.807) is 0 Å². The molecule has 114 valence electrons. The number of nitrogens with zero attached hydrogens (tertiary/aromatic N) is 1. The third-order valence-electron chi connectivity index (χ3n) is 3.72. The van der Waals surface area contributed by atoms with Crippen molar-refractivity contribution < 1.29 is 4.42 Å². The second kappa shape index (κ2) is 5.33.